The van der Waals surface area contributed by atoms with Crippen LogP contribution in [0.15, 0.2) is 48.5 Å². The molecule has 4 rings (SSSR count). The molecule has 9 heteroatoms. The van der Waals surface area contributed by atoms with Crippen molar-refractivity contribution in [1.82, 2.24) is 16.0 Å². The summed E-state index contributed by atoms with van der Waals surface area (Å²) in [4.78, 5) is 25.3. The Balaban J connectivity index is 1.52. The molecular weight excluding hydrogens is 459 g/mol. The Morgan fingerprint density at radius 3 is 2.23 bits per heavy atom. The molecule has 1 atom stereocenters. The first-order valence-corrected chi connectivity index (χ1v) is 11.9. The van der Waals surface area contributed by atoms with Crippen molar-refractivity contribution in [2.45, 2.75) is 56.2 Å². The normalized spacial score (nSPS) is 18.3. The molecule has 0 aromatic heterocycles. The molecule has 188 valence electrons. The van der Waals surface area contributed by atoms with Crippen LogP contribution >= 0.6 is 0 Å². The molecule has 1 unspecified atom stereocenters. The summed E-state index contributed by atoms with van der Waals surface area (Å²) in [5, 5.41) is 17.2. The number of amides is 3. The van der Waals surface area contributed by atoms with Crippen LogP contribution in [-0.2, 0) is 5.41 Å². The first-order chi connectivity index (χ1) is 16.7. The molecule has 2 saturated carbocycles. The summed E-state index contributed by atoms with van der Waals surface area (Å²) in [7, 11) is 0. The third kappa shape index (κ3) is 5.00. The second-order valence-corrected chi connectivity index (χ2v) is 9.46. The van der Waals surface area contributed by atoms with Crippen molar-refractivity contribution in [3.05, 3.63) is 59.7 Å². The molecule has 2 aromatic rings. The monoisotopic (exact) mass is 489 g/mol. The highest BCUT2D eigenvalue weighted by Crippen LogP contribution is 2.59. The van der Waals surface area contributed by atoms with Crippen LogP contribution in [0.4, 0.5) is 18.0 Å². The molecule has 0 bridgehead atoms. The van der Waals surface area contributed by atoms with Gasteiger partial charge in [0.1, 0.15) is 6.73 Å². The standard InChI is InChI=1S/C26H30F3N3O3/c1-2-25(19-11-12-19,32-23(35)31-16-33)15-30-22(34)21-6-4-3-5-20(21)17-7-9-18(10-8-17)24(13-14-24)26(27,28)29/h3-10,19,33H,2,11-16H2,1H3,(H,30,34)(H2,31,32,35). The zero-order valence-electron chi connectivity index (χ0n) is 19.5. The van der Waals surface area contributed by atoms with Gasteiger partial charge >= 0.3 is 12.2 Å². The number of aliphatic hydroxyl groups excluding tert-OH is 1. The lowest BCUT2D eigenvalue weighted by atomic mass is 9.89. The SMILES string of the molecule is CCC(CNC(=O)c1ccccc1-c1ccc(C2(C(F)(F)F)CC2)cc1)(NC(=O)NCO)C1CC1. The Bertz CT molecular complexity index is 1080. The van der Waals surface area contributed by atoms with Gasteiger partial charge in [0.25, 0.3) is 5.91 Å². The zero-order valence-corrected chi connectivity index (χ0v) is 19.5. The number of carbonyl (C=O) groups is 2. The van der Waals surface area contributed by atoms with E-state index >= 15 is 0 Å². The smallest absolute Gasteiger partial charge is 0.376 e. The molecule has 3 amide bonds. The summed E-state index contributed by atoms with van der Waals surface area (Å²) >= 11 is 0. The summed E-state index contributed by atoms with van der Waals surface area (Å²) in [6.07, 6.45) is -1.61. The maximum atomic E-state index is 13.5. The van der Waals surface area contributed by atoms with Gasteiger partial charge in [-0.2, -0.15) is 13.2 Å². The highest BCUT2D eigenvalue weighted by atomic mass is 19.4. The lowest BCUT2D eigenvalue weighted by Gasteiger charge is -2.34. The second-order valence-electron chi connectivity index (χ2n) is 9.46. The first kappa shape index (κ1) is 25.0. The van der Waals surface area contributed by atoms with E-state index in [4.69, 9.17) is 5.11 Å². The molecular formula is C26H30F3N3O3. The number of carbonyl (C=O) groups excluding carboxylic acids is 2. The van der Waals surface area contributed by atoms with Crippen LogP contribution in [0.2, 0.25) is 0 Å². The van der Waals surface area contributed by atoms with Gasteiger partial charge in [-0.1, -0.05) is 49.4 Å². The van der Waals surface area contributed by atoms with Crippen LogP contribution in [0, 0.1) is 5.92 Å². The molecule has 35 heavy (non-hydrogen) atoms. The van der Waals surface area contributed by atoms with Crippen molar-refractivity contribution in [3.8, 4) is 11.1 Å². The summed E-state index contributed by atoms with van der Waals surface area (Å²) in [5.74, 6) is -0.107. The Kier molecular flexibility index (Phi) is 6.81. The van der Waals surface area contributed by atoms with Gasteiger partial charge < -0.3 is 21.1 Å². The largest absolute Gasteiger partial charge is 0.398 e. The van der Waals surface area contributed by atoms with E-state index in [1.165, 1.54) is 12.1 Å². The van der Waals surface area contributed by atoms with Gasteiger partial charge in [0, 0.05) is 12.1 Å². The number of hydrogen-bond acceptors (Lipinski definition) is 3. The van der Waals surface area contributed by atoms with E-state index in [2.05, 4.69) is 16.0 Å². The number of urea groups is 1. The average Bonchev–Trinajstić information content (AvgIpc) is 3.75. The first-order valence-electron chi connectivity index (χ1n) is 11.9. The van der Waals surface area contributed by atoms with E-state index < -0.39 is 29.9 Å². The number of hydrogen-bond donors (Lipinski definition) is 4. The fourth-order valence-corrected chi connectivity index (χ4v) is 4.87. The minimum Gasteiger partial charge on any atom is -0.376 e. The lowest BCUT2D eigenvalue weighted by molar-refractivity contribution is -0.160. The molecule has 0 radical (unpaired) electrons. The van der Waals surface area contributed by atoms with Gasteiger partial charge in [0.15, 0.2) is 0 Å². The number of halogens is 3. The van der Waals surface area contributed by atoms with Gasteiger partial charge in [0.2, 0.25) is 0 Å². The Hall–Kier alpha value is -3.07. The van der Waals surface area contributed by atoms with Gasteiger partial charge in [-0.25, -0.2) is 4.79 Å². The van der Waals surface area contributed by atoms with E-state index in [1.807, 2.05) is 6.92 Å². The van der Waals surface area contributed by atoms with Crippen LogP contribution in [0.25, 0.3) is 11.1 Å². The fourth-order valence-electron chi connectivity index (χ4n) is 4.87. The second kappa shape index (κ2) is 9.53. The van der Waals surface area contributed by atoms with Crippen molar-refractivity contribution >= 4 is 11.9 Å². The van der Waals surface area contributed by atoms with E-state index in [0.717, 1.165) is 12.8 Å². The molecule has 6 nitrogen and oxygen atoms in total. The third-order valence-electron chi connectivity index (χ3n) is 7.37. The van der Waals surface area contributed by atoms with Gasteiger partial charge in [0.05, 0.1) is 11.0 Å². The van der Waals surface area contributed by atoms with Crippen LogP contribution < -0.4 is 16.0 Å². The summed E-state index contributed by atoms with van der Waals surface area (Å²) < 4.78 is 40.4. The lowest BCUT2D eigenvalue weighted by Crippen LogP contribution is -2.59. The minimum atomic E-state index is -4.28. The maximum absolute atomic E-state index is 13.5. The van der Waals surface area contributed by atoms with Crippen LogP contribution in [-0.4, -0.2) is 42.0 Å². The Labute approximate surface area is 202 Å². The molecule has 2 fully saturated rings. The molecule has 2 aliphatic rings. The van der Waals surface area contributed by atoms with E-state index in [-0.39, 0.29) is 36.8 Å². The number of alkyl halides is 3. The van der Waals surface area contributed by atoms with Crippen LogP contribution in [0.1, 0.15) is 54.9 Å². The van der Waals surface area contributed by atoms with Crippen molar-refractivity contribution in [2.75, 3.05) is 13.3 Å². The number of nitrogens with one attached hydrogen (secondary N) is 3. The summed E-state index contributed by atoms with van der Waals surface area (Å²) in [6, 6.07) is 12.7. The molecule has 0 heterocycles. The Morgan fingerprint density at radius 2 is 1.69 bits per heavy atom. The van der Waals surface area contributed by atoms with Crippen LogP contribution in [0.5, 0.6) is 0 Å². The quantitative estimate of drug-likeness (QED) is 0.392. The number of benzene rings is 2. The highest BCUT2D eigenvalue weighted by Gasteiger charge is 2.64. The topological polar surface area (TPSA) is 90.5 Å². The predicted octanol–water partition coefficient (Wildman–Crippen LogP) is 4.49. The molecule has 2 aliphatic carbocycles. The van der Waals surface area contributed by atoms with Crippen molar-refractivity contribution in [3.63, 3.8) is 0 Å². The molecule has 0 saturated heterocycles. The van der Waals surface area contributed by atoms with Gasteiger partial charge in [-0.05, 0) is 60.8 Å². The minimum absolute atomic E-state index is 0.0966. The average molecular weight is 490 g/mol. The third-order valence-corrected chi connectivity index (χ3v) is 7.37. The van der Waals surface area contributed by atoms with E-state index in [0.29, 0.717) is 23.1 Å². The van der Waals surface area contributed by atoms with Crippen molar-refractivity contribution in [1.29, 1.82) is 0 Å². The van der Waals surface area contributed by atoms with Crippen molar-refractivity contribution < 1.29 is 27.9 Å². The molecule has 2 aromatic carbocycles. The summed E-state index contributed by atoms with van der Waals surface area (Å²) in [5.41, 5.74) is -0.459. The molecule has 4 N–H and O–H groups in total. The zero-order chi connectivity index (χ0) is 25.3. The number of aliphatic hydroxyl groups is 1. The summed E-state index contributed by atoms with van der Waals surface area (Å²) in [6.45, 7) is 1.67. The molecule has 0 aliphatic heterocycles. The van der Waals surface area contributed by atoms with Crippen molar-refractivity contribution in [2.24, 2.45) is 5.92 Å². The Morgan fingerprint density at radius 1 is 1.03 bits per heavy atom. The highest BCUT2D eigenvalue weighted by molar-refractivity contribution is 6.01. The van der Waals surface area contributed by atoms with Gasteiger partial charge in [-0.15, -0.1) is 0 Å². The number of rotatable bonds is 9. The van der Waals surface area contributed by atoms with E-state index in [1.54, 1.807) is 36.4 Å². The van der Waals surface area contributed by atoms with Crippen LogP contribution in [0.3, 0.4) is 0 Å². The predicted molar refractivity (Wildman–Crippen MR) is 126 cm³/mol. The van der Waals surface area contributed by atoms with E-state index in [9.17, 15) is 22.8 Å². The fraction of sp³-hybridized carbons (Fsp3) is 0.462. The maximum Gasteiger partial charge on any atom is 0.398 e. The molecule has 0 spiro atoms. The van der Waals surface area contributed by atoms with Gasteiger partial charge in [-0.3, -0.25) is 4.79 Å².